The Hall–Kier alpha value is -1.05. The van der Waals surface area contributed by atoms with Crippen LogP contribution in [0.15, 0.2) is 34.1 Å². The highest BCUT2D eigenvalue weighted by Crippen LogP contribution is 2.24. The van der Waals surface area contributed by atoms with Gasteiger partial charge in [-0.05, 0) is 24.3 Å². The van der Waals surface area contributed by atoms with E-state index in [-0.39, 0.29) is 10.8 Å². The summed E-state index contributed by atoms with van der Waals surface area (Å²) < 4.78 is 26.7. The summed E-state index contributed by atoms with van der Waals surface area (Å²) in [5, 5.41) is 9.05. The van der Waals surface area contributed by atoms with Gasteiger partial charge in [-0.1, -0.05) is 26.0 Å². The molecule has 0 aliphatic rings. The lowest BCUT2D eigenvalue weighted by molar-refractivity contribution is -0.140. The Labute approximate surface area is 117 Å². The van der Waals surface area contributed by atoms with E-state index in [1.54, 1.807) is 38.3 Å². The van der Waals surface area contributed by atoms with Crippen LogP contribution in [0.1, 0.15) is 13.8 Å². The molecule has 0 fully saturated rings. The third-order valence-electron chi connectivity index (χ3n) is 2.57. The molecule has 1 atom stereocenters. The van der Waals surface area contributed by atoms with Gasteiger partial charge in [0, 0.05) is 4.90 Å². The summed E-state index contributed by atoms with van der Waals surface area (Å²) in [6, 6.07) is 5.36. The summed E-state index contributed by atoms with van der Waals surface area (Å²) in [5.74, 6) is -1.52. The Morgan fingerprint density at radius 1 is 1.32 bits per heavy atom. The van der Waals surface area contributed by atoms with Gasteiger partial charge in [0.15, 0.2) is 0 Å². The van der Waals surface area contributed by atoms with Crippen molar-refractivity contribution in [1.82, 2.24) is 4.72 Å². The molecule has 0 aliphatic heterocycles. The third-order valence-corrected chi connectivity index (χ3v) is 5.00. The van der Waals surface area contributed by atoms with Gasteiger partial charge in [0.05, 0.1) is 4.90 Å². The number of nitrogens with one attached hydrogen (secondary N) is 1. The summed E-state index contributed by atoms with van der Waals surface area (Å²) in [7, 11) is -3.84. The number of hydrogen-bond acceptors (Lipinski definition) is 4. The molecule has 19 heavy (non-hydrogen) atoms. The molecular formula is C12H17NO4S2. The van der Waals surface area contributed by atoms with Crippen molar-refractivity contribution in [1.29, 1.82) is 0 Å². The molecule has 5 nitrogen and oxygen atoms in total. The maximum absolute atomic E-state index is 12.2. The number of thioether (sulfide) groups is 1. The van der Waals surface area contributed by atoms with Gasteiger partial charge in [-0.3, -0.25) is 4.79 Å². The fourth-order valence-electron chi connectivity index (χ4n) is 1.54. The van der Waals surface area contributed by atoms with Gasteiger partial charge in [0.1, 0.15) is 6.04 Å². The minimum absolute atomic E-state index is 0.106. The second-order valence-electron chi connectivity index (χ2n) is 4.33. The minimum Gasteiger partial charge on any atom is -0.480 e. The zero-order chi connectivity index (χ0) is 14.6. The summed E-state index contributed by atoms with van der Waals surface area (Å²) in [5.41, 5.74) is 0. The van der Waals surface area contributed by atoms with Gasteiger partial charge < -0.3 is 5.11 Å². The van der Waals surface area contributed by atoms with E-state index in [0.717, 1.165) is 0 Å². The normalized spacial score (nSPS) is 13.5. The molecule has 1 aromatic rings. The van der Waals surface area contributed by atoms with Crippen molar-refractivity contribution in [2.45, 2.75) is 29.7 Å². The van der Waals surface area contributed by atoms with Gasteiger partial charge in [0.2, 0.25) is 10.0 Å². The average molecular weight is 303 g/mol. The van der Waals surface area contributed by atoms with Crippen LogP contribution < -0.4 is 4.72 Å². The van der Waals surface area contributed by atoms with Crippen LogP contribution in [0, 0.1) is 5.92 Å². The lowest BCUT2D eigenvalue weighted by Crippen LogP contribution is -2.44. The molecule has 0 saturated heterocycles. The topological polar surface area (TPSA) is 83.5 Å². The second-order valence-corrected chi connectivity index (χ2v) is 6.86. The van der Waals surface area contributed by atoms with E-state index in [9.17, 15) is 13.2 Å². The molecule has 1 unspecified atom stereocenters. The van der Waals surface area contributed by atoms with E-state index < -0.39 is 22.0 Å². The first-order chi connectivity index (χ1) is 8.79. The maximum Gasteiger partial charge on any atom is 0.322 e. The van der Waals surface area contributed by atoms with Crippen molar-refractivity contribution < 1.29 is 18.3 Å². The van der Waals surface area contributed by atoms with Crippen molar-refractivity contribution >= 4 is 27.8 Å². The number of carboxylic acid groups (broad SMARTS) is 1. The zero-order valence-electron chi connectivity index (χ0n) is 11.0. The molecule has 0 bridgehead atoms. The third kappa shape index (κ3) is 3.95. The maximum atomic E-state index is 12.2. The Balaban J connectivity index is 3.14. The molecule has 1 rings (SSSR count). The van der Waals surface area contributed by atoms with Crippen molar-refractivity contribution in [3.8, 4) is 0 Å². The summed E-state index contributed by atoms with van der Waals surface area (Å²) >= 11 is 1.30. The predicted molar refractivity (Wildman–Crippen MR) is 74.8 cm³/mol. The smallest absolute Gasteiger partial charge is 0.322 e. The van der Waals surface area contributed by atoms with Crippen molar-refractivity contribution in [3.63, 3.8) is 0 Å². The number of hydrogen-bond donors (Lipinski definition) is 2. The van der Waals surface area contributed by atoms with Crippen LogP contribution in [0.5, 0.6) is 0 Å². The number of rotatable bonds is 6. The summed E-state index contributed by atoms with van der Waals surface area (Å²) in [6.07, 6.45) is 1.77. The molecule has 0 amide bonds. The summed E-state index contributed by atoms with van der Waals surface area (Å²) in [6.45, 7) is 3.31. The summed E-state index contributed by atoms with van der Waals surface area (Å²) in [4.78, 5) is 11.8. The Kier molecular flexibility index (Phi) is 5.39. The number of aliphatic carboxylic acids is 1. The van der Waals surface area contributed by atoms with Crippen LogP contribution in [0.25, 0.3) is 0 Å². The molecule has 106 valence electrons. The van der Waals surface area contributed by atoms with Gasteiger partial charge in [-0.25, -0.2) is 8.42 Å². The minimum atomic E-state index is -3.84. The Morgan fingerprint density at radius 2 is 1.89 bits per heavy atom. The van der Waals surface area contributed by atoms with Crippen molar-refractivity contribution in [2.24, 2.45) is 5.92 Å². The highest BCUT2D eigenvalue weighted by Gasteiger charge is 2.29. The van der Waals surface area contributed by atoms with Crippen LogP contribution >= 0.6 is 11.8 Å². The monoisotopic (exact) mass is 303 g/mol. The van der Waals surface area contributed by atoms with Crippen LogP contribution in [0.3, 0.4) is 0 Å². The van der Waals surface area contributed by atoms with Crippen molar-refractivity contribution in [3.05, 3.63) is 24.3 Å². The SMILES string of the molecule is CSc1ccccc1S(=O)(=O)NC(C(=O)O)C(C)C. The molecule has 7 heteroatoms. The molecular weight excluding hydrogens is 286 g/mol. The Morgan fingerprint density at radius 3 is 2.37 bits per heavy atom. The fraction of sp³-hybridized carbons (Fsp3) is 0.417. The van der Waals surface area contributed by atoms with Crippen LogP contribution in [-0.4, -0.2) is 31.8 Å². The lowest BCUT2D eigenvalue weighted by Gasteiger charge is -2.18. The Bertz CT molecular complexity index is 555. The molecule has 0 spiro atoms. The second kappa shape index (κ2) is 6.40. The number of benzene rings is 1. The standard InChI is InChI=1S/C12H17NO4S2/c1-8(2)11(12(14)15)13-19(16,17)10-7-5-4-6-9(10)18-3/h4-8,11,13H,1-3H3,(H,14,15). The molecule has 0 saturated carbocycles. The highest BCUT2D eigenvalue weighted by molar-refractivity contribution is 7.99. The lowest BCUT2D eigenvalue weighted by atomic mass is 10.1. The van der Waals surface area contributed by atoms with Gasteiger partial charge in [-0.2, -0.15) is 4.72 Å². The fourth-order valence-corrected chi connectivity index (χ4v) is 4.03. The zero-order valence-corrected chi connectivity index (χ0v) is 12.6. The predicted octanol–water partition coefficient (Wildman–Crippen LogP) is 1.80. The first-order valence-electron chi connectivity index (χ1n) is 5.67. The van der Waals surface area contributed by atoms with E-state index in [1.165, 1.54) is 17.8 Å². The van der Waals surface area contributed by atoms with Crippen LogP contribution in [-0.2, 0) is 14.8 Å². The average Bonchev–Trinajstić information content (AvgIpc) is 2.35. The van der Waals surface area contributed by atoms with Gasteiger partial charge in [-0.15, -0.1) is 11.8 Å². The van der Waals surface area contributed by atoms with Crippen molar-refractivity contribution in [2.75, 3.05) is 6.26 Å². The van der Waals surface area contributed by atoms with Gasteiger partial charge >= 0.3 is 5.97 Å². The molecule has 0 heterocycles. The highest BCUT2D eigenvalue weighted by atomic mass is 32.2. The van der Waals surface area contributed by atoms with Gasteiger partial charge in [0.25, 0.3) is 0 Å². The van der Waals surface area contributed by atoms with E-state index >= 15 is 0 Å². The van der Waals surface area contributed by atoms with E-state index in [4.69, 9.17) is 5.11 Å². The number of carboxylic acids is 1. The first-order valence-corrected chi connectivity index (χ1v) is 8.38. The molecule has 2 N–H and O–H groups in total. The number of sulfonamides is 1. The first kappa shape index (κ1) is 16.0. The molecule has 1 aromatic carbocycles. The molecule has 0 aromatic heterocycles. The largest absolute Gasteiger partial charge is 0.480 e. The van der Waals surface area contributed by atoms with E-state index in [1.807, 2.05) is 0 Å². The molecule has 0 radical (unpaired) electrons. The number of carbonyl (C=O) groups is 1. The van der Waals surface area contributed by atoms with Crippen LogP contribution in [0.2, 0.25) is 0 Å². The quantitative estimate of drug-likeness (QED) is 0.783. The van der Waals surface area contributed by atoms with E-state index in [2.05, 4.69) is 4.72 Å². The van der Waals surface area contributed by atoms with E-state index in [0.29, 0.717) is 4.90 Å². The molecule has 0 aliphatic carbocycles. The van der Waals surface area contributed by atoms with Crippen LogP contribution in [0.4, 0.5) is 0 Å².